The molecule has 6 nitrogen and oxygen atoms in total. The van der Waals surface area contributed by atoms with Crippen molar-refractivity contribution >= 4 is 17.9 Å². The first-order valence-electron chi connectivity index (χ1n) is 22.1. The standard InChI is InChI=1S/C50H72O6/c1-4-7-10-12-13-14-15-16-18-21-38-55-46-31-24-43(25-32-46)39-49(53)50(41-51,40-44-26-33-47(34-27-44)56-37-20-17-11-8-5-2)48(52)35-28-42-22-29-45(30-23-42)54-36-19-9-6-3/h22-27,29-34,41H,4-21,28,35-40H2,1-3H3. The van der Waals surface area contributed by atoms with Crippen LogP contribution in [0.5, 0.6) is 17.2 Å². The zero-order valence-corrected chi connectivity index (χ0v) is 35.1. The van der Waals surface area contributed by atoms with E-state index in [-0.39, 0.29) is 30.8 Å². The van der Waals surface area contributed by atoms with Crippen LogP contribution in [0, 0.1) is 5.41 Å². The Morgan fingerprint density at radius 1 is 0.464 bits per heavy atom. The number of hydrogen-bond acceptors (Lipinski definition) is 6. The van der Waals surface area contributed by atoms with Crippen molar-refractivity contribution in [3.05, 3.63) is 89.5 Å². The van der Waals surface area contributed by atoms with Crippen molar-refractivity contribution in [2.24, 2.45) is 5.41 Å². The summed E-state index contributed by atoms with van der Waals surface area (Å²) in [6.45, 7) is 8.61. The zero-order valence-electron chi connectivity index (χ0n) is 35.1. The summed E-state index contributed by atoms with van der Waals surface area (Å²) in [7, 11) is 0. The van der Waals surface area contributed by atoms with Gasteiger partial charge in [-0.05, 0) is 85.2 Å². The minimum absolute atomic E-state index is 0.00997. The molecule has 0 heterocycles. The second-order valence-corrected chi connectivity index (χ2v) is 15.6. The molecule has 1 unspecified atom stereocenters. The Bertz CT molecular complexity index is 1480. The third kappa shape index (κ3) is 17.9. The average Bonchev–Trinajstić information content (AvgIpc) is 3.22. The van der Waals surface area contributed by atoms with Gasteiger partial charge >= 0.3 is 0 Å². The molecule has 0 amide bonds. The fourth-order valence-corrected chi connectivity index (χ4v) is 7.05. The van der Waals surface area contributed by atoms with Crippen LogP contribution in [-0.2, 0) is 33.6 Å². The Hall–Kier alpha value is -3.93. The van der Waals surface area contributed by atoms with E-state index < -0.39 is 5.41 Å². The fraction of sp³-hybridized carbons (Fsp3) is 0.580. The van der Waals surface area contributed by atoms with Crippen LogP contribution in [0.1, 0.15) is 159 Å². The molecule has 0 aliphatic rings. The molecule has 3 rings (SSSR count). The molecule has 308 valence electrons. The summed E-state index contributed by atoms with van der Waals surface area (Å²) in [6.07, 6.45) is 22.9. The lowest BCUT2D eigenvalue weighted by atomic mass is 9.72. The van der Waals surface area contributed by atoms with E-state index in [4.69, 9.17) is 14.2 Å². The SMILES string of the molecule is CCCCCCCCCCCCOc1ccc(CC(=O)C(C=O)(Cc2ccc(OCCCCCCC)cc2)C(=O)CCc2ccc(OCCCCC)cc2)cc1. The fourth-order valence-electron chi connectivity index (χ4n) is 7.05. The molecular formula is C50H72O6. The molecule has 0 aromatic heterocycles. The van der Waals surface area contributed by atoms with Crippen LogP contribution in [0.2, 0.25) is 0 Å². The largest absolute Gasteiger partial charge is 0.494 e. The number of carbonyl (C=O) groups is 3. The summed E-state index contributed by atoms with van der Waals surface area (Å²) >= 11 is 0. The molecule has 0 saturated carbocycles. The predicted molar refractivity (Wildman–Crippen MR) is 230 cm³/mol. The Morgan fingerprint density at radius 2 is 0.821 bits per heavy atom. The van der Waals surface area contributed by atoms with Crippen molar-refractivity contribution in [3.8, 4) is 17.2 Å². The number of rotatable bonds is 34. The molecule has 0 radical (unpaired) electrons. The average molecular weight is 769 g/mol. The van der Waals surface area contributed by atoms with Gasteiger partial charge < -0.3 is 19.0 Å². The molecule has 0 aliphatic carbocycles. The summed E-state index contributed by atoms with van der Waals surface area (Å²) in [6, 6.07) is 22.7. The Labute approximate surface area is 339 Å². The van der Waals surface area contributed by atoms with Crippen molar-refractivity contribution in [2.45, 2.75) is 162 Å². The van der Waals surface area contributed by atoms with Gasteiger partial charge in [-0.2, -0.15) is 0 Å². The Morgan fingerprint density at radius 3 is 1.25 bits per heavy atom. The normalized spacial score (nSPS) is 12.2. The van der Waals surface area contributed by atoms with Gasteiger partial charge in [-0.25, -0.2) is 0 Å². The lowest BCUT2D eigenvalue weighted by Gasteiger charge is -2.26. The van der Waals surface area contributed by atoms with E-state index in [1.165, 1.54) is 70.6 Å². The van der Waals surface area contributed by atoms with Gasteiger partial charge in [-0.3, -0.25) is 9.59 Å². The van der Waals surface area contributed by atoms with Gasteiger partial charge in [-0.15, -0.1) is 0 Å². The van der Waals surface area contributed by atoms with Crippen molar-refractivity contribution in [1.29, 1.82) is 0 Å². The van der Waals surface area contributed by atoms with E-state index in [1.807, 2.05) is 72.8 Å². The van der Waals surface area contributed by atoms with Gasteiger partial charge in [0.05, 0.1) is 19.8 Å². The number of ketones is 2. The number of unbranched alkanes of at least 4 members (excludes halogenated alkanes) is 15. The van der Waals surface area contributed by atoms with Crippen LogP contribution in [0.25, 0.3) is 0 Å². The molecule has 56 heavy (non-hydrogen) atoms. The van der Waals surface area contributed by atoms with Crippen LogP contribution in [0.15, 0.2) is 72.8 Å². The first-order chi connectivity index (χ1) is 27.4. The van der Waals surface area contributed by atoms with Crippen molar-refractivity contribution in [2.75, 3.05) is 19.8 Å². The lowest BCUT2D eigenvalue weighted by Crippen LogP contribution is -2.44. The Balaban J connectivity index is 1.61. The highest BCUT2D eigenvalue weighted by atomic mass is 16.5. The summed E-state index contributed by atoms with van der Waals surface area (Å²) in [4.78, 5) is 41.3. The highest BCUT2D eigenvalue weighted by Crippen LogP contribution is 2.30. The molecule has 0 spiro atoms. The number of ether oxygens (including phenoxy) is 3. The maximum Gasteiger partial charge on any atom is 0.158 e. The second kappa shape index (κ2) is 28.5. The van der Waals surface area contributed by atoms with Crippen LogP contribution >= 0.6 is 0 Å². The molecule has 0 fully saturated rings. The number of aryl methyl sites for hydroxylation is 1. The summed E-state index contributed by atoms with van der Waals surface area (Å²) in [5.41, 5.74) is 0.650. The van der Waals surface area contributed by atoms with E-state index >= 15 is 0 Å². The van der Waals surface area contributed by atoms with Crippen LogP contribution in [0.4, 0.5) is 0 Å². The number of hydrogen-bond donors (Lipinski definition) is 0. The number of carbonyl (C=O) groups excluding carboxylic acids is 3. The second-order valence-electron chi connectivity index (χ2n) is 15.6. The first-order valence-corrected chi connectivity index (χ1v) is 22.1. The molecule has 1 atom stereocenters. The smallest absolute Gasteiger partial charge is 0.158 e. The molecule has 3 aromatic rings. The highest BCUT2D eigenvalue weighted by molar-refractivity contribution is 6.19. The van der Waals surface area contributed by atoms with Crippen LogP contribution in [-0.4, -0.2) is 37.7 Å². The molecule has 0 saturated heterocycles. The first kappa shape index (κ1) is 46.5. The minimum Gasteiger partial charge on any atom is -0.494 e. The molecule has 6 heteroatoms. The van der Waals surface area contributed by atoms with Gasteiger partial charge in [0, 0.05) is 12.8 Å². The van der Waals surface area contributed by atoms with Crippen molar-refractivity contribution in [1.82, 2.24) is 0 Å². The lowest BCUT2D eigenvalue weighted by molar-refractivity contribution is -0.144. The highest BCUT2D eigenvalue weighted by Gasteiger charge is 2.44. The molecule has 3 aromatic carbocycles. The van der Waals surface area contributed by atoms with Crippen LogP contribution in [0.3, 0.4) is 0 Å². The Kier molecular flexibility index (Phi) is 23.6. The van der Waals surface area contributed by atoms with Gasteiger partial charge in [0.2, 0.25) is 0 Å². The monoisotopic (exact) mass is 769 g/mol. The maximum atomic E-state index is 14.2. The van der Waals surface area contributed by atoms with E-state index in [1.54, 1.807) is 0 Å². The summed E-state index contributed by atoms with van der Waals surface area (Å²) < 4.78 is 17.8. The molecular weight excluding hydrogens is 697 g/mol. The molecule has 0 N–H and O–H groups in total. The zero-order chi connectivity index (χ0) is 40.1. The van der Waals surface area contributed by atoms with E-state index in [0.717, 1.165) is 78.9 Å². The van der Waals surface area contributed by atoms with E-state index in [9.17, 15) is 14.4 Å². The number of aldehydes is 1. The van der Waals surface area contributed by atoms with Gasteiger partial charge in [0.15, 0.2) is 11.6 Å². The summed E-state index contributed by atoms with van der Waals surface area (Å²) in [5.74, 6) is 1.55. The third-order valence-corrected chi connectivity index (χ3v) is 10.8. The minimum atomic E-state index is -1.80. The molecule has 0 aliphatic heterocycles. The predicted octanol–water partition coefficient (Wildman–Crippen LogP) is 12.6. The quantitative estimate of drug-likeness (QED) is 0.0342. The van der Waals surface area contributed by atoms with E-state index in [2.05, 4.69) is 20.8 Å². The van der Waals surface area contributed by atoms with Gasteiger partial charge in [0.1, 0.15) is 28.9 Å². The maximum absolute atomic E-state index is 14.2. The van der Waals surface area contributed by atoms with E-state index in [0.29, 0.717) is 32.5 Å². The number of Topliss-reactive ketones (excluding diaryl/α,β-unsaturated/α-hetero) is 2. The van der Waals surface area contributed by atoms with Crippen LogP contribution < -0.4 is 14.2 Å². The van der Waals surface area contributed by atoms with Gasteiger partial charge in [0.25, 0.3) is 0 Å². The topological polar surface area (TPSA) is 78.9 Å². The number of benzene rings is 3. The van der Waals surface area contributed by atoms with Crippen molar-refractivity contribution < 1.29 is 28.6 Å². The summed E-state index contributed by atoms with van der Waals surface area (Å²) in [5, 5.41) is 0. The van der Waals surface area contributed by atoms with Gasteiger partial charge in [-0.1, -0.05) is 153 Å². The third-order valence-electron chi connectivity index (χ3n) is 10.8. The van der Waals surface area contributed by atoms with Crippen molar-refractivity contribution in [3.63, 3.8) is 0 Å². The molecule has 0 bridgehead atoms.